The molecule has 6 heteroatoms. The van der Waals surface area contributed by atoms with E-state index in [0.29, 0.717) is 5.56 Å². The Morgan fingerprint density at radius 2 is 2.20 bits per heavy atom. The second-order valence-electron chi connectivity index (χ2n) is 3.14. The maximum absolute atomic E-state index is 10.5. The molecule has 0 unspecified atom stereocenters. The largest absolute Gasteiger partial charge is 0.411 e. The van der Waals surface area contributed by atoms with Crippen molar-refractivity contribution in [1.82, 2.24) is 0 Å². The van der Waals surface area contributed by atoms with Crippen molar-refractivity contribution in [3.05, 3.63) is 33.9 Å². The number of benzene rings is 1. The van der Waals surface area contributed by atoms with Crippen LogP contribution in [0.3, 0.4) is 0 Å². The van der Waals surface area contributed by atoms with Crippen LogP contribution in [0.5, 0.6) is 0 Å². The highest BCUT2D eigenvalue weighted by Gasteiger charge is 2.10. The molecule has 1 aromatic carbocycles. The summed E-state index contributed by atoms with van der Waals surface area (Å²) >= 11 is 0. The van der Waals surface area contributed by atoms with Gasteiger partial charge in [-0.1, -0.05) is 5.16 Å². The van der Waals surface area contributed by atoms with Crippen LogP contribution < -0.4 is 4.90 Å². The van der Waals surface area contributed by atoms with E-state index in [1.807, 2.05) is 0 Å². The van der Waals surface area contributed by atoms with Crippen LogP contribution in [0.15, 0.2) is 23.4 Å². The average Bonchev–Trinajstić information content (AvgIpc) is 2.17. The summed E-state index contributed by atoms with van der Waals surface area (Å²) in [5.74, 6) is 0. The fraction of sp³-hybridized carbons (Fsp3) is 0.222. The summed E-state index contributed by atoms with van der Waals surface area (Å²) in [6, 6.07) is 4.37. The lowest BCUT2D eigenvalue weighted by molar-refractivity contribution is -0.384. The first-order valence-corrected chi connectivity index (χ1v) is 4.19. The third kappa shape index (κ3) is 2.43. The van der Waals surface area contributed by atoms with Crippen molar-refractivity contribution in [2.24, 2.45) is 5.16 Å². The summed E-state index contributed by atoms with van der Waals surface area (Å²) in [5, 5.41) is 21.8. The Morgan fingerprint density at radius 3 is 2.67 bits per heavy atom. The molecule has 0 atom stereocenters. The van der Waals surface area contributed by atoms with Crippen LogP contribution in [0.4, 0.5) is 11.4 Å². The summed E-state index contributed by atoms with van der Waals surface area (Å²) < 4.78 is 0. The number of oxime groups is 1. The number of nitro benzene ring substituents is 1. The Balaban J connectivity index is 3.26. The molecule has 0 aliphatic rings. The van der Waals surface area contributed by atoms with Gasteiger partial charge in [-0.05, 0) is 6.07 Å². The Kier molecular flexibility index (Phi) is 3.22. The number of hydrogen-bond donors (Lipinski definition) is 1. The van der Waals surface area contributed by atoms with E-state index >= 15 is 0 Å². The average molecular weight is 209 g/mol. The normalized spacial score (nSPS) is 10.5. The fourth-order valence-corrected chi connectivity index (χ4v) is 1.23. The van der Waals surface area contributed by atoms with Crippen molar-refractivity contribution < 1.29 is 10.1 Å². The lowest BCUT2D eigenvalue weighted by Gasteiger charge is -2.14. The van der Waals surface area contributed by atoms with Crippen molar-refractivity contribution in [1.29, 1.82) is 0 Å². The number of hydrogen-bond acceptors (Lipinski definition) is 5. The molecule has 0 fully saturated rings. The van der Waals surface area contributed by atoms with Gasteiger partial charge in [-0.2, -0.15) is 0 Å². The van der Waals surface area contributed by atoms with Gasteiger partial charge in [0.05, 0.1) is 11.1 Å². The van der Waals surface area contributed by atoms with Gasteiger partial charge >= 0.3 is 0 Å². The maximum atomic E-state index is 10.5. The molecule has 0 heterocycles. The zero-order valence-electron chi connectivity index (χ0n) is 8.41. The van der Waals surface area contributed by atoms with Crippen molar-refractivity contribution in [3.63, 3.8) is 0 Å². The van der Waals surface area contributed by atoms with Crippen LogP contribution in [-0.4, -0.2) is 30.4 Å². The molecule has 0 aromatic heterocycles. The molecular formula is C9H11N3O3. The van der Waals surface area contributed by atoms with E-state index in [2.05, 4.69) is 5.16 Å². The Labute approximate surface area is 86.6 Å². The monoisotopic (exact) mass is 209 g/mol. The molecule has 0 radical (unpaired) electrons. The molecule has 0 saturated carbocycles. The van der Waals surface area contributed by atoms with Gasteiger partial charge in [0.2, 0.25) is 0 Å². The van der Waals surface area contributed by atoms with Crippen LogP contribution in [0.25, 0.3) is 0 Å². The molecule has 0 spiro atoms. The zero-order chi connectivity index (χ0) is 11.4. The molecule has 0 aliphatic heterocycles. The molecule has 1 aromatic rings. The first-order valence-electron chi connectivity index (χ1n) is 4.19. The molecule has 1 N–H and O–H groups in total. The van der Waals surface area contributed by atoms with Gasteiger partial charge in [0, 0.05) is 37.5 Å². The Bertz CT molecular complexity index is 402. The number of nitro groups is 1. The molecule has 0 aliphatic carbocycles. The van der Waals surface area contributed by atoms with Gasteiger partial charge < -0.3 is 10.1 Å². The molecule has 1 rings (SSSR count). The molecule has 6 nitrogen and oxygen atoms in total. The molecule has 0 saturated heterocycles. The van der Waals surface area contributed by atoms with E-state index in [0.717, 1.165) is 5.69 Å². The summed E-state index contributed by atoms with van der Waals surface area (Å²) in [6.07, 6.45) is 1.17. The van der Waals surface area contributed by atoms with E-state index in [9.17, 15) is 10.1 Å². The third-order valence-corrected chi connectivity index (χ3v) is 1.90. The number of rotatable bonds is 3. The quantitative estimate of drug-likeness (QED) is 0.354. The maximum Gasteiger partial charge on any atom is 0.270 e. The Morgan fingerprint density at radius 1 is 1.53 bits per heavy atom. The standard InChI is InChI=1S/C9H11N3O3/c1-11(2)9-4-3-8(12(14)15)5-7(9)6-10-13/h3-6,13H,1-2H3. The van der Waals surface area contributed by atoms with Crippen molar-refractivity contribution >= 4 is 17.6 Å². The van der Waals surface area contributed by atoms with E-state index in [4.69, 9.17) is 5.21 Å². The lowest BCUT2D eigenvalue weighted by Crippen LogP contribution is -2.11. The lowest BCUT2D eigenvalue weighted by atomic mass is 10.1. The molecule has 0 amide bonds. The van der Waals surface area contributed by atoms with Gasteiger partial charge in [-0.25, -0.2) is 0 Å². The minimum atomic E-state index is -0.492. The van der Waals surface area contributed by atoms with Gasteiger partial charge in [0.1, 0.15) is 0 Å². The van der Waals surface area contributed by atoms with E-state index in [-0.39, 0.29) is 5.69 Å². The van der Waals surface area contributed by atoms with Crippen LogP contribution >= 0.6 is 0 Å². The number of nitrogens with zero attached hydrogens (tertiary/aromatic N) is 3. The summed E-state index contributed by atoms with van der Waals surface area (Å²) in [6.45, 7) is 0. The van der Waals surface area contributed by atoms with Crippen molar-refractivity contribution in [2.75, 3.05) is 19.0 Å². The van der Waals surface area contributed by atoms with Gasteiger partial charge in [0.25, 0.3) is 5.69 Å². The summed E-state index contributed by atoms with van der Waals surface area (Å²) in [5.41, 5.74) is 1.21. The van der Waals surface area contributed by atoms with Crippen LogP contribution in [-0.2, 0) is 0 Å². The SMILES string of the molecule is CN(C)c1ccc([N+](=O)[O-])cc1C=NO. The van der Waals surface area contributed by atoms with E-state index < -0.39 is 4.92 Å². The van der Waals surface area contributed by atoms with Crippen molar-refractivity contribution in [2.45, 2.75) is 0 Å². The third-order valence-electron chi connectivity index (χ3n) is 1.90. The van der Waals surface area contributed by atoms with Gasteiger partial charge in [-0.3, -0.25) is 10.1 Å². The highest BCUT2D eigenvalue weighted by molar-refractivity contribution is 5.88. The molecular weight excluding hydrogens is 198 g/mol. The van der Waals surface area contributed by atoms with Crippen LogP contribution in [0.1, 0.15) is 5.56 Å². The van der Waals surface area contributed by atoms with Gasteiger partial charge in [0.15, 0.2) is 0 Å². The summed E-state index contributed by atoms with van der Waals surface area (Å²) in [4.78, 5) is 11.8. The van der Waals surface area contributed by atoms with Crippen LogP contribution in [0, 0.1) is 10.1 Å². The smallest absolute Gasteiger partial charge is 0.270 e. The van der Waals surface area contributed by atoms with E-state index in [1.165, 1.54) is 18.3 Å². The van der Waals surface area contributed by atoms with Crippen LogP contribution in [0.2, 0.25) is 0 Å². The Hall–Kier alpha value is -2.11. The zero-order valence-corrected chi connectivity index (χ0v) is 8.41. The minimum absolute atomic E-state index is 0.0319. The second-order valence-corrected chi connectivity index (χ2v) is 3.14. The number of anilines is 1. The summed E-state index contributed by atoms with van der Waals surface area (Å²) in [7, 11) is 3.60. The number of non-ortho nitro benzene ring substituents is 1. The highest BCUT2D eigenvalue weighted by atomic mass is 16.6. The second kappa shape index (κ2) is 4.41. The minimum Gasteiger partial charge on any atom is -0.411 e. The molecule has 15 heavy (non-hydrogen) atoms. The predicted molar refractivity (Wildman–Crippen MR) is 56.8 cm³/mol. The predicted octanol–water partition coefficient (Wildman–Crippen LogP) is 1.47. The van der Waals surface area contributed by atoms with Crippen molar-refractivity contribution in [3.8, 4) is 0 Å². The van der Waals surface area contributed by atoms with Gasteiger partial charge in [-0.15, -0.1) is 0 Å². The first kappa shape index (κ1) is 11.0. The molecule has 80 valence electrons. The highest BCUT2D eigenvalue weighted by Crippen LogP contribution is 2.22. The topological polar surface area (TPSA) is 79.0 Å². The first-order chi connectivity index (χ1) is 7.06. The van der Waals surface area contributed by atoms with E-state index in [1.54, 1.807) is 25.1 Å². The molecule has 0 bridgehead atoms. The fourth-order valence-electron chi connectivity index (χ4n) is 1.23.